The normalized spacial score (nSPS) is 14.2. The van der Waals surface area contributed by atoms with Gasteiger partial charge in [0.15, 0.2) is 0 Å². The third kappa shape index (κ3) is 5.31. The number of fused-ring (bicyclic) bond motifs is 10. The molecule has 0 bridgehead atoms. The molecule has 4 heterocycles. The maximum atomic E-state index is 2.65. The standard InChI is InChI=1S/C60H42S4/c1-35-9-19-41(20-10-35)59(42-21-11-36(2)12-22-42)49-33-48-46-28-18-40-32-54(52-8-6-30-62-52)64-58(40)56(46)60(43-23-13-37(3)14-24-43,44-25-15-38(4)16-26-44)50(48)34-47(49)45-27-17-39-31-53(51-7-5-29-61-51)63-57(39)55(45)59/h5-34H,1-4H3. The summed E-state index contributed by atoms with van der Waals surface area (Å²) in [6, 6.07) is 66.5. The first-order valence-electron chi connectivity index (χ1n) is 22.0. The summed E-state index contributed by atoms with van der Waals surface area (Å²) in [5.74, 6) is 0. The van der Waals surface area contributed by atoms with Gasteiger partial charge in [0.05, 0.1) is 10.8 Å². The van der Waals surface area contributed by atoms with Crippen LogP contribution in [-0.2, 0) is 10.8 Å². The molecule has 0 saturated heterocycles. The highest BCUT2D eigenvalue weighted by Crippen LogP contribution is 2.65. The Hall–Kier alpha value is -6.14. The molecule has 0 atom stereocenters. The Bertz CT molecular complexity index is 3260. The molecular formula is C60H42S4. The summed E-state index contributed by atoms with van der Waals surface area (Å²) in [6.07, 6.45) is 0. The van der Waals surface area contributed by atoms with Crippen molar-refractivity contribution in [2.45, 2.75) is 38.5 Å². The van der Waals surface area contributed by atoms with Crippen LogP contribution in [0.3, 0.4) is 0 Å². The quantitative estimate of drug-likeness (QED) is 0.156. The van der Waals surface area contributed by atoms with Crippen molar-refractivity contribution in [1.29, 1.82) is 0 Å². The maximum absolute atomic E-state index is 2.65. The van der Waals surface area contributed by atoms with E-state index in [-0.39, 0.29) is 0 Å². The van der Waals surface area contributed by atoms with E-state index in [4.69, 9.17) is 0 Å². The van der Waals surface area contributed by atoms with E-state index in [0.29, 0.717) is 0 Å². The van der Waals surface area contributed by atoms with Crippen LogP contribution >= 0.6 is 45.3 Å². The maximum Gasteiger partial charge on any atom is 0.0727 e. The van der Waals surface area contributed by atoms with Gasteiger partial charge in [0.2, 0.25) is 0 Å². The highest BCUT2D eigenvalue weighted by Gasteiger charge is 2.53. The van der Waals surface area contributed by atoms with Crippen LogP contribution < -0.4 is 0 Å². The van der Waals surface area contributed by atoms with E-state index >= 15 is 0 Å². The molecule has 64 heavy (non-hydrogen) atoms. The SMILES string of the molecule is Cc1ccc(C2(c3ccc(C)cc3)c3cc4c(cc3-c3ccc5cc(-c6cccs6)sc5c32)C(c2ccc(C)cc2)(c2ccc(C)cc2)c2c-4ccc3cc(-c4cccs4)sc23)cc1. The first-order valence-corrected chi connectivity index (χ1v) is 25.4. The lowest BCUT2D eigenvalue weighted by atomic mass is 9.65. The molecule has 0 saturated carbocycles. The van der Waals surface area contributed by atoms with E-state index in [1.807, 2.05) is 45.3 Å². The lowest BCUT2D eigenvalue weighted by Gasteiger charge is -2.36. The van der Waals surface area contributed by atoms with Crippen LogP contribution in [0.4, 0.5) is 0 Å². The van der Waals surface area contributed by atoms with Gasteiger partial charge >= 0.3 is 0 Å². The van der Waals surface area contributed by atoms with E-state index in [9.17, 15) is 0 Å². The molecule has 4 aromatic heterocycles. The number of benzene rings is 7. The molecule has 11 aromatic rings. The average Bonchev–Trinajstić information content (AvgIpc) is 4.18. The van der Waals surface area contributed by atoms with E-state index in [2.05, 4.69) is 208 Å². The number of rotatable bonds is 6. The molecular weight excluding hydrogens is 849 g/mol. The highest BCUT2D eigenvalue weighted by atomic mass is 32.1. The fraction of sp³-hybridized carbons (Fsp3) is 0.100. The molecule has 7 aromatic carbocycles. The second-order valence-electron chi connectivity index (χ2n) is 17.9. The number of aryl methyl sites for hydroxylation is 4. The monoisotopic (exact) mass is 890 g/mol. The van der Waals surface area contributed by atoms with Crippen molar-refractivity contribution in [2.24, 2.45) is 0 Å². The van der Waals surface area contributed by atoms with Crippen LogP contribution in [0.2, 0.25) is 0 Å². The predicted octanol–water partition coefficient (Wildman–Crippen LogP) is 17.5. The van der Waals surface area contributed by atoms with Gasteiger partial charge in [-0.15, -0.1) is 45.3 Å². The van der Waals surface area contributed by atoms with Crippen LogP contribution in [0.25, 0.3) is 61.9 Å². The van der Waals surface area contributed by atoms with Crippen LogP contribution in [-0.4, -0.2) is 0 Å². The Balaban J connectivity index is 1.21. The van der Waals surface area contributed by atoms with E-state index in [1.165, 1.54) is 129 Å². The summed E-state index contributed by atoms with van der Waals surface area (Å²) in [5, 5.41) is 7.00. The van der Waals surface area contributed by atoms with E-state index < -0.39 is 10.8 Å². The van der Waals surface area contributed by atoms with Crippen LogP contribution in [0.1, 0.15) is 66.8 Å². The molecule has 0 spiro atoms. The van der Waals surface area contributed by atoms with Gasteiger partial charge in [-0.3, -0.25) is 0 Å². The average molecular weight is 891 g/mol. The van der Waals surface area contributed by atoms with Crippen molar-refractivity contribution in [3.05, 3.63) is 247 Å². The topological polar surface area (TPSA) is 0 Å². The lowest BCUT2D eigenvalue weighted by molar-refractivity contribution is 0.765. The zero-order valence-electron chi connectivity index (χ0n) is 36.0. The molecule has 0 radical (unpaired) electrons. The summed E-state index contributed by atoms with van der Waals surface area (Å²) in [5.41, 5.74) is 19.9. The lowest BCUT2D eigenvalue weighted by Crippen LogP contribution is -2.30. The molecule has 2 aliphatic carbocycles. The minimum absolute atomic E-state index is 0.573. The Morgan fingerprint density at radius 3 is 0.984 bits per heavy atom. The Morgan fingerprint density at radius 1 is 0.328 bits per heavy atom. The fourth-order valence-electron chi connectivity index (χ4n) is 11.2. The van der Waals surface area contributed by atoms with Crippen LogP contribution in [0, 0.1) is 27.7 Å². The van der Waals surface area contributed by atoms with Crippen LogP contribution in [0.15, 0.2) is 181 Å². The number of hydrogen-bond donors (Lipinski definition) is 0. The summed E-state index contributed by atoms with van der Waals surface area (Å²) >= 11 is 7.57. The molecule has 2 aliphatic rings. The minimum Gasteiger partial charge on any atom is -0.143 e. The Kier molecular flexibility index (Phi) is 8.49. The predicted molar refractivity (Wildman–Crippen MR) is 277 cm³/mol. The molecule has 306 valence electrons. The molecule has 0 nitrogen and oxygen atoms in total. The third-order valence-electron chi connectivity index (χ3n) is 14.1. The zero-order chi connectivity index (χ0) is 42.9. The molecule has 0 N–H and O–H groups in total. The minimum atomic E-state index is -0.573. The molecule has 0 fully saturated rings. The van der Waals surface area contributed by atoms with Gasteiger partial charge in [0.25, 0.3) is 0 Å². The van der Waals surface area contributed by atoms with Gasteiger partial charge < -0.3 is 0 Å². The number of thiophene rings is 4. The van der Waals surface area contributed by atoms with Gasteiger partial charge in [-0.1, -0.05) is 156 Å². The van der Waals surface area contributed by atoms with Crippen molar-refractivity contribution in [2.75, 3.05) is 0 Å². The van der Waals surface area contributed by atoms with Gasteiger partial charge in [-0.2, -0.15) is 0 Å². The summed E-state index contributed by atoms with van der Waals surface area (Å²) < 4.78 is 2.73. The third-order valence-corrected chi connectivity index (χ3v) is 18.6. The second-order valence-corrected chi connectivity index (χ2v) is 21.9. The first-order chi connectivity index (χ1) is 31.3. The first kappa shape index (κ1) is 38.3. The smallest absolute Gasteiger partial charge is 0.0727 e. The van der Waals surface area contributed by atoms with Gasteiger partial charge in [0.1, 0.15) is 0 Å². The van der Waals surface area contributed by atoms with E-state index in [0.717, 1.165) is 0 Å². The van der Waals surface area contributed by atoms with Crippen molar-refractivity contribution < 1.29 is 0 Å². The molecule has 4 heteroatoms. The Labute approximate surface area is 390 Å². The van der Waals surface area contributed by atoms with Gasteiger partial charge in [-0.25, -0.2) is 0 Å². The van der Waals surface area contributed by atoms with Crippen molar-refractivity contribution in [3.8, 4) is 41.8 Å². The largest absolute Gasteiger partial charge is 0.143 e. The fourth-order valence-corrected chi connectivity index (χ4v) is 15.3. The highest BCUT2D eigenvalue weighted by molar-refractivity contribution is 7.26. The second kappa shape index (κ2) is 14.2. The van der Waals surface area contributed by atoms with Gasteiger partial charge in [-0.05, 0) is 152 Å². The molecule has 0 unspecified atom stereocenters. The molecule has 0 amide bonds. The summed E-state index contributed by atoms with van der Waals surface area (Å²) in [7, 11) is 0. The van der Waals surface area contributed by atoms with Crippen molar-refractivity contribution >= 4 is 65.5 Å². The van der Waals surface area contributed by atoms with Gasteiger partial charge in [0, 0.05) is 28.9 Å². The summed E-state index contributed by atoms with van der Waals surface area (Å²) in [4.78, 5) is 5.29. The number of hydrogen-bond acceptors (Lipinski definition) is 4. The summed E-state index contributed by atoms with van der Waals surface area (Å²) in [6.45, 7) is 8.83. The van der Waals surface area contributed by atoms with Crippen LogP contribution in [0.5, 0.6) is 0 Å². The Morgan fingerprint density at radius 2 is 0.672 bits per heavy atom. The van der Waals surface area contributed by atoms with Crippen molar-refractivity contribution in [3.63, 3.8) is 0 Å². The molecule has 0 aliphatic heterocycles. The van der Waals surface area contributed by atoms with Crippen molar-refractivity contribution in [1.82, 2.24) is 0 Å². The molecule has 13 rings (SSSR count). The zero-order valence-corrected chi connectivity index (χ0v) is 39.2. The van der Waals surface area contributed by atoms with E-state index in [1.54, 1.807) is 0 Å².